The van der Waals surface area contributed by atoms with Gasteiger partial charge in [0.15, 0.2) is 0 Å². The third kappa shape index (κ3) is 3.11. The molecule has 1 aromatic rings. The molecule has 82 valence electrons. The van der Waals surface area contributed by atoms with Crippen LogP contribution in [0.4, 0.5) is 0 Å². The summed E-state index contributed by atoms with van der Waals surface area (Å²) >= 11 is 0. The van der Waals surface area contributed by atoms with Gasteiger partial charge in [-0.1, -0.05) is 36.4 Å². The second kappa shape index (κ2) is 5.93. The van der Waals surface area contributed by atoms with Gasteiger partial charge >= 0.3 is 0 Å². The van der Waals surface area contributed by atoms with Crippen molar-refractivity contribution in [2.45, 2.75) is 13.1 Å². The molecular formula is C14H16N2. The van der Waals surface area contributed by atoms with E-state index < -0.39 is 0 Å². The van der Waals surface area contributed by atoms with E-state index in [1.807, 2.05) is 36.7 Å². The van der Waals surface area contributed by atoms with Crippen LogP contribution in [0.3, 0.4) is 0 Å². The zero-order chi connectivity index (χ0) is 11.1. The van der Waals surface area contributed by atoms with Crippen molar-refractivity contribution < 1.29 is 0 Å². The molecule has 0 bridgehead atoms. The average Bonchev–Trinajstić information content (AvgIpc) is 2.61. The molecule has 2 heteroatoms. The Hall–Kier alpha value is -1.80. The first-order valence-electron chi connectivity index (χ1n) is 5.49. The quantitative estimate of drug-likeness (QED) is 0.690. The maximum Gasteiger partial charge on any atom is 0.0211 e. The van der Waals surface area contributed by atoms with Gasteiger partial charge in [-0.15, -0.1) is 0 Å². The van der Waals surface area contributed by atoms with Gasteiger partial charge in [0, 0.05) is 25.5 Å². The fourth-order valence-electron chi connectivity index (χ4n) is 1.64. The monoisotopic (exact) mass is 212 g/mol. The molecule has 16 heavy (non-hydrogen) atoms. The summed E-state index contributed by atoms with van der Waals surface area (Å²) in [6.07, 6.45) is 11.6. The van der Waals surface area contributed by atoms with Crippen LogP contribution >= 0.6 is 0 Å². The molecule has 2 heterocycles. The average molecular weight is 212 g/mol. The Kier molecular flexibility index (Phi) is 3.97. The van der Waals surface area contributed by atoms with Crippen LogP contribution in [-0.4, -0.2) is 0 Å². The number of hydrogen-bond acceptors (Lipinski definition) is 2. The van der Waals surface area contributed by atoms with Gasteiger partial charge in [-0.3, -0.25) is 0 Å². The van der Waals surface area contributed by atoms with E-state index in [0.29, 0.717) is 0 Å². The van der Waals surface area contributed by atoms with E-state index >= 15 is 0 Å². The zero-order valence-corrected chi connectivity index (χ0v) is 9.19. The van der Waals surface area contributed by atoms with Crippen molar-refractivity contribution in [3.63, 3.8) is 0 Å². The Balaban J connectivity index is 0.000000125. The fourth-order valence-corrected chi connectivity index (χ4v) is 1.64. The van der Waals surface area contributed by atoms with Gasteiger partial charge in [0.25, 0.3) is 0 Å². The van der Waals surface area contributed by atoms with Crippen LogP contribution in [0.5, 0.6) is 0 Å². The Labute approximate surface area is 96.4 Å². The lowest BCUT2D eigenvalue weighted by Gasteiger charge is -1.91. The van der Waals surface area contributed by atoms with Crippen molar-refractivity contribution in [1.82, 2.24) is 10.6 Å². The van der Waals surface area contributed by atoms with Crippen LogP contribution in [0.25, 0.3) is 0 Å². The van der Waals surface area contributed by atoms with Crippen LogP contribution in [-0.2, 0) is 13.1 Å². The van der Waals surface area contributed by atoms with Crippen LogP contribution in [0.2, 0.25) is 0 Å². The molecule has 0 spiro atoms. The van der Waals surface area contributed by atoms with Crippen molar-refractivity contribution >= 4 is 0 Å². The minimum absolute atomic E-state index is 1.05. The number of fused-ring (bicyclic) bond motifs is 1. The predicted octanol–water partition coefficient (Wildman–Crippen LogP) is 2.46. The standard InChI is InChI=1S/C8H9N.C6H7N/c1-2-4-8-6-9-5-7(8)3-1;1-2-4-6-7-5-3-1/h1-4,9H,5-6H2;1-7H. The number of rotatable bonds is 0. The summed E-state index contributed by atoms with van der Waals surface area (Å²) in [5.41, 5.74) is 2.91. The van der Waals surface area contributed by atoms with Crippen LogP contribution in [0.15, 0.2) is 61.0 Å². The number of hydrogen-bond donors (Lipinski definition) is 2. The predicted molar refractivity (Wildman–Crippen MR) is 67.5 cm³/mol. The molecule has 2 aliphatic rings. The Morgan fingerprint density at radius 3 is 1.88 bits per heavy atom. The summed E-state index contributed by atoms with van der Waals surface area (Å²) in [5, 5.41) is 6.21. The van der Waals surface area contributed by atoms with Gasteiger partial charge in [-0.25, -0.2) is 0 Å². The van der Waals surface area contributed by atoms with Crippen LogP contribution in [0, 0.1) is 0 Å². The summed E-state index contributed by atoms with van der Waals surface area (Å²) in [7, 11) is 0. The Morgan fingerprint density at radius 2 is 1.31 bits per heavy atom. The van der Waals surface area contributed by atoms with Crippen molar-refractivity contribution in [3.8, 4) is 0 Å². The molecule has 0 atom stereocenters. The van der Waals surface area contributed by atoms with Crippen LogP contribution in [0.1, 0.15) is 11.1 Å². The molecule has 0 fully saturated rings. The molecule has 0 saturated carbocycles. The summed E-state index contributed by atoms with van der Waals surface area (Å²) in [6.45, 7) is 2.10. The minimum Gasteiger partial charge on any atom is -0.368 e. The lowest BCUT2D eigenvalue weighted by molar-refractivity contribution is 0.765. The molecule has 0 radical (unpaired) electrons. The molecule has 2 N–H and O–H groups in total. The molecule has 2 nitrogen and oxygen atoms in total. The lowest BCUT2D eigenvalue weighted by atomic mass is 10.1. The van der Waals surface area contributed by atoms with E-state index in [0.717, 1.165) is 13.1 Å². The van der Waals surface area contributed by atoms with Gasteiger partial charge < -0.3 is 10.6 Å². The van der Waals surface area contributed by atoms with Crippen molar-refractivity contribution in [2.75, 3.05) is 0 Å². The number of benzene rings is 1. The summed E-state index contributed by atoms with van der Waals surface area (Å²) < 4.78 is 0. The van der Waals surface area contributed by atoms with Gasteiger partial charge in [-0.05, 0) is 23.3 Å². The highest BCUT2D eigenvalue weighted by Crippen LogP contribution is 2.12. The van der Waals surface area contributed by atoms with Crippen molar-refractivity contribution in [2.24, 2.45) is 0 Å². The van der Waals surface area contributed by atoms with Gasteiger partial charge in [-0.2, -0.15) is 0 Å². The van der Waals surface area contributed by atoms with E-state index in [2.05, 4.69) is 34.9 Å². The van der Waals surface area contributed by atoms with E-state index in [1.54, 1.807) is 0 Å². The lowest BCUT2D eigenvalue weighted by Crippen LogP contribution is -1.99. The van der Waals surface area contributed by atoms with Gasteiger partial charge in [0.2, 0.25) is 0 Å². The van der Waals surface area contributed by atoms with Crippen molar-refractivity contribution in [3.05, 3.63) is 72.1 Å². The normalized spacial score (nSPS) is 15.8. The first kappa shape index (κ1) is 10.7. The topological polar surface area (TPSA) is 24.1 Å². The maximum absolute atomic E-state index is 3.29. The molecule has 0 saturated heterocycles. The summed E-state index contributed by atoms with van der Waals surface area (Å²) in [4.78, 5) is 0. The number of nitrogens with one attached hydrogen (secondary N) is 2. The van der Waals surface area contributed by atoms with Gasteiger partial charge in [0.1, 0.15) is 0 Å². The highest BCUT2D eigenvalue weighted by Gasteiger charge is 2.06. The third-order valence-corrected chi connectivity index (χ3v) is 2.47. The Bertz CT molecular complexity index is 379. The molecule has 0 aliphatic carbocycles. The first-order chi connectivity index (χ1) is 7.97. The molecule has 3 rings (SSSR count). The molecule has 2 aliphatic heterocycles. The summed E-state index contributed by atoms with van der Waals surface area (Å²) in [5.74, 6) is 0. The van der Waals surface area contributed by atoms with Crippen LogP contribution < -0.4 is 10.6 Å². The highest BCUT2D eigenvalue weighted by molar-refractivity contribution is 5.29. The van der Waals surface area contributed by atoms with E-state index in [1.165, 1.54) is 11.1 Å². The van der Waals surface area contributed by atoms with Gasteiger partial charge in [0.05, 0.1) is 0 Å². The first-order valence-corrected chi connectivity index (χ1v) is 5.49. The SMILES string of the molecule is C1=CC=CNC=C1.c1ccc2c(c1)CNC2. The van der Waals surface area contributed by atoms with Crippen molar-refractivity contribution in [1.29, 1.82) is 0 Å². The second-order valence-corrected chi connectivity index (χ2v) is 3.64. The van der Waals surface area contributed by atoms with E-state index in [-0.39, 0.29) is 0 Å². The minimum atomic E-state index is 1.05. The zero-order valence-electron chi connectivity index (χ0n) is 9.19. The molecule has 0 amide bonds. The second-order valence-electron chi connectivity index (χ2n) is 3.64. The highest BCUT2D eigenvalue weighted by atomic mass is 14.9. The van der Waals surface area contributed by atoms with E-state index in [4.69, 9.17) is 0 Å². The Morgan fingerprint density at radius 1 is 0.750 bits per heavy atom. The largest absolute Gasteiger partial charge is 0.368 e. The third-order valence-electron chi connectivity index (χ3n) is 2.47. The van der Waals surface area contributed by atoms with E-state index in [9.17, 15) is 0 Å². The smallest absolute Gasteiger partial charge is 0.0211 e. The fraction of sp³-hybridized carbons (Fsp3) is 0.143. The summed E-state index contributed by atoms with van der Waals surface area (Å²) in [6, 6.07) is 8.53. The molecular weight excluding hydrogens is 196 g/mol. The molecule has 0 unspecified atom stereocenters. The molecule has 1 aromatic carbocycles. The molecule has 0 aromatic heterocycles. The number of allylic oxidation sites excluding steroid dienone is 4. The maximum atomic E-state index is 3.29.